The van der Waals surface area contributed by atoms with E-state index in [0.29, 0.717) is 35.9 Å². The molecule has 0 unspecified atom stereocenters. The minimum atomic E-state index is -0.249. The van der Waals surface area contributed by atoms with Crippen LogP contribution in [0.5, 0.6) is 0 Å². The van der Waals surface area contributed by atoms with Gasteiger partial charge in [-0.05, 0) is 30.9 Å². The quantitative estimate of drug-likeness (QED) is 0.756. The number of nitrogens with zero attached hydrogens (tertiary/aromatic N) is 1. The number of hydrogen-bond acceptors (Lipinski definition) is 3. The number of nitrogens with one attached hydrogen (secondary N) is 2. The minimum absolute atomic E-state index is 0.249. The molecule has 6 heteroatoms. The molecule has 0 bridgehead atoms. The third-order valence-corrected chi connectivity index (χ3v) is 4.74. The zero-order valence-electron chi connectivity index (χ0n) is 14.8. The van der Waals surface area contributed by atoms with E-state index in [2.05, 4.69) is 17.6 Å². The van der Waals surface area contributed by atoms with Crippen LogP contribution >= 0.6 is 11.6 Å². The summed E-state index contributed by atoms with van der Waals surface area (Å²) < 4.78 is 5.91. The Bertz CT molecular complexity index is 551. The van der Waals surface area contributed by atoms with Crippen LogP contribution in [0.4, 0.5) is 16.2 Å². The first kappa shape index (κ1) is 18.9. The number of anilines is 2. The largest absolute Gasteiger partial charge is 0.376 e. The van der Waals surface area contributed by atoms with Gasteiger partial charge in [-0.1, -0.05) is 37.4 Å². The van der Waals surface area contributed by atoms with Crippen molar-refractivity contribution in [1.29, 1.82) is 0 Å². The van der Waals surface area contributed by atoms with Crippen LogP contribution in [-0.4, -0.2) is 39.4 Å². The number of urea groups is 1. The molecule has 1 aliphatic carbocycles. The molecule has 5 nitrogen and oxygen atoms in total. The predicted octanol–water partition coefficient (Wildman–Crippen LogP) is 4.12. The lowest BCUT2D eigenvalue weighted by atomic mass is 9.88. The lowest BCUT2D eigenvalue weighted by Crippen LogP contribution is -2.34. The number of rotatable bonds is 6. The van der Waals surface area contributed by atoms with Crippen molar-refractivity contribution in [2.75, 3.05) is 37.5 Å². The SMILES string of the molecule is C[C@@H]1CCCC[C@H]1OCCNC(=O)Nc1cccc(Cl)c1N(C)C. The Kier molecular flexibility index (Phi) is 7.18. The molecule has 2 rings (SSSR count). The van der Waals surface area contributed by atoms with Crippen LogP contribution in [0, 0.1) is 5.92 Å². The highest BCUT2D eigenvalue weighted by Gasteiger charge is 2.21. The Balaban J connectivity index is 1.77. The molecule has 2 atom stereocenters. The van der Waals surface area contributed by atoms with Crippen LogP contribution < -0.4 is 15.5 Å². The van der Waals surface area contributed by atoms with Crippen molar-refractivity contribution in [3.63, 3.8) is 0 Å². The molecule has 0 spiro atoms. The average molecular weight is 354 g/mol. The fraction of sp³-hybridized carbons (Fsp3) is 0.611. The first-order valence-electron chi connectivity index (χ1n) is 8.61. The Labute approximate surface area is 149 Å². The molecule has 0 aliphatic heterocycles. The van der Waals surface area contributed by atoms with Crippen molar-refractivity contribution in [1.82, 2.24) is 5.32 Å². The second-order valence-electron chi connectivity index (χ2n) is 6.58. The highest BCUT2D eigenvalue weighted by atomic mass is 35.5. The monoisotopic (exact) mass is 353 g/mol. The summed E-state index contributed by atoms with van der Waals surface area (Å²) >= 11 is 6.20. The molecule has 134 valence electrons. The molecule has 0 saturated heterocycles. The number of para-hydroxylation sites is 1. The van der Waals surface area contributed by atoms with Crippen LogP contribution in [0.1, 0.15) is 32.6 Å². The first-order valence-corrected chi connectivity index (χ1v) is 8.99. The summed E-state index contributed by atoms with van der Waals surface area (Å²) in [5.74, 6) is 0.613. The van der Waals surface area contributed by atoms with E-state index in [0.717, 1.165) is 12.1 Å². The lowest BCUT2D eigenvalue weighted by Gasteiger charge is -2.28. The molecule has 24 heavy (non-hydrogen) atoms. The van der Waals surface area contributed by atoms with Crippen LogP contribution in [0.25, 0.3) is 0 Å². The van der Waals surface area contributed by atoms with E-state index >= 15 is 0 Å². The van der Waals surface area contributed by atoms with E-state index in [9.17, 15) is 4.79 Å². The van der Waals surface area contributed by atoms with Crippen molar-refractivity contribution < 1.29 is 9.53 Å². The summed E-state index contributed by atoms with van der Waals surface area (Å²) in [5.41, 5.74) is 1.48. The van der Waals surface area contributed by atoms with Gasteiger partial charge in [-0.2, -0.15) is 0 Å². The van der Waals surface area contributed by atoms with Gasteiger partial charge in [0.05, 0.1) is 29.1 Å². The summed E-state index contributed by atoms with van der Waals surface area (Å²) in [5, 5.41) is 6.29. The summed E-state index contributed by atoms with van der Waals surface area (Å²) in [4.78, 5) is 14.0. The predicted molar refractivity (Wildman–Crippen MR) is 100 cm³/mol. The van der Waals surface area contributed by atoms with Gasteiger partial charge in [0.2, 0.25) is 0 Å². The molecule has 2 amide bonds. The van der Waals surface area contributed by atoms with Crippen molar-refractivity contribution in [2.45, 2.75) is 38.7 Å². The van der Waals surface area contributed by atoms with Gasteiger partial charge < -0.3 is 20.3 Å². The van der Waals surface area contributed by atoms with Gasteiger partial charge >= 0.3 is 6.03 Å². The van der Waals surface area contributed by atoms with Crippen molar-refractivity contribution >= 4 is 29.0 Å². The number of halogens is 1. The molecule has 1 aromatic rings. The molecule has 0 aromatic heterocycles. The summed E-state index contributed by atoms with van der Waals surface area (Å²) in [6, 6.07) is 5.21. The second kappa shape index (κ2) is 9.14. The average Bonchev–Trinajstić information content (AvgIpc) is 2.53. The molecule has 1 aliphatic rings. The van der Waals surface area contributed by atoms with Crippen molar-refractivity contribution in [3.8, 4) is 0 Å². The van der Waals surface area contributed by atoms with Gasteiger partial charge in [0, 0.05) is 20.6 Å². The topological polar surface area (TPSA) is 53.6 Å². The number of amides is 2. The number of carbonyl (C=O) groups excluding carboxylic acids is 1. The van der Waals surface area contributed by atoms with Crippen molar-refractivity contribution in [2.24, 2.45) is 5.92 Å². The third kappa shape index (κ3) is 5.28. The van der Waals surface area contributed by atoms with E-state index in [1.54, 1.807) is 6.07 Å². The summed E-state index contributed by atoms with van der Waals surface area (Å²) in [6.07, 6.45) is 5.24. The lowest BCUT2D eigenvalue weighted by molar-refractivity contribution is -0.00232. The van der Waals surface area contributed by atoms with Crippen LogP contribution in [0.3, 0.4) is 0 Å². The fourth-order valence-corrected chi connectivity index (χ4v) is 3.49. The maximum absolute atomic E-state index is 12.1. The highest BCUT2D eigenvalue weighted by molar-refractivity contribution is 6.34. The second-order valence-corrected chi connectivity index (χ2v) is 6.99. The number of carbonyl (C=O) groups is 1. The van der Waals surface area contributed by atoms with Gasteiger partial charge in [-0.15, -0.1) is 0 Å². The highest BCUT2D eigenvalue weighted by Crippen LogP contribution is 2.32. The fourth-order valence-electron chi connectivity index (χ4n) is 3.14. The Morgan fingerprint density at radius 1 is 1.33 bits per heavy atom. The van der Waals surface area contributed by atoms with Crippen LogP contribution in [0.15, 0.2) is 18.2 Å². The van der Waals surface area contributed by atoms with Crippen LogP contribution in [0.2, 0.25) is 5.02 Å². The Morgan fingerprint density at radius 2 is 2.08 bits per heavy atom. The Morgan fingerprint density at radius 3 is 2.79 bits per heavy atom. The standard InChI is InChI=1S/C18H28ClN3O2/c1-13-7-4-5-10-16(13)24-12-11-20-18(23)21-15-9-6-8-14(19)17(15)22(2)3/h6,8-9,13,16H,4-5,7,10-12H2,1-3H3,(H2,20,21,23)/t13-,16-/m1/s1. The van der Waals surface area contributed by atoms with Gasteiger partial charge in [0.25, 0.3) is 0 Å². The molecule has 2 N–H and O–H groups in total. The van der Waals surface area contributed by atoms with E-state index in [1.165, 1.54) is 19.3 Å². The van der Waals surface area contributed by atoms with Gasteiger partial charge in [0.15, 0.2) is 0 Å². The first-order chi connectivity index (χ1) is 11.5. The van der Waals surface area contributed by atoms with Gasteiger partial charge in [-0.25, -0.2) is 4.79 Å². The molecule has 1 saturated carbocycles. The summed E-state index contributed by atoms with van der Waals surface area (Å²) in [6.45, 7) is 3.28. The zero-order valence-corrected chi connectivity index (χ0v) is 15.5. The minimum Gasteiger partial charge on any atom is -0.376 e. The number of ether oxygens (including phenoxy) is 1. The molecular weight excluding hydrogens is 326 g/mol. The third-order valence-electron chi connectivity index (χ3n) is 4.43. The zero-order chi connectivity index (χ0) is 17.5. The smallest absolute Gasteiger partial charge is 0.319 e. The molecule has 0 radical (unpaired) electrons. The van der Waals surface area contributed by atoms with E-state index in [1.807, 2.05) is 31.1 Å². The van der Waals surface area contributed by atoms with Gasteiger partial charge in [-0.3, -0.25) is 0 Å². The number of hydrogen-bond donors (Lipinski definition) is 2. The molecule has 1 fully saturated rings. The van der Waals surface area contributed by atoms with Crippen molar-refractivity contribution in [3.05, 3.63) is 23.2 Å². The van der Waals surface area contributed by atoms with E-state index < -0.39 is 0 Å². The molecule has 1 aromatic carbocycles. The normalized spacial score (nSPS) is 20.5. The Hall–Kier alpha value is -1.46. The van der Waals surface area contributed by atoms with Crippen LogP contribution in [-0.2, 0) is 4.74 Å². The molecular formula is C18H28ClN3O2. The van der Waals surface area contributed by atoms with Gasteiger partial charge in [0.1, 0.15) is 0 Å². The summed E-state index contributed by atoms with van der Waals surface area (Å²) in [7, 11) is 3.78. The van der Waals surface area contributed by atoms with E-state index in [4.69, 9.17) is 16.3 Å². The van der Waals surface area contributed by atoms with E-state index in [-0.39, 0.29) is 6.03 Å². The number of benzene rings is 1. The maximum atomic E-state index is 12.1. The molecule has 0 heterocycles. The maximum Gasteiger partial charge on any atom is 0.319 e.